The van der Waals surface area contributed by atoms with E-state index < -0.39 is 18.1 Å². The summed E-state index contributed by atoms with van der Waals surface area (Å²) in [6.45, 7) is 2.17. The minimum atomic E-state index is -1.07. The number of ether oxygens (including phenoxy) is 1. The van der Waals surface area contributed by atoms with E-state index in [0.717, 1.165) is 28.7 Å². The van der Waals surface area contributed by atoms with E-state index in [1.807, 2.05) is 31.2 Å². The lowest BCUT2D eigenvalue weighted by molar-refractivity contribution is -0.116. The van der Waals surface area contributed by atoms with Crippen molar-refractivity contribution in [1.29, 1.82) is 0 Å². The smallest absolute Gasteiger partial charge is 0.407 e. The minimum absolute atomic E-state index is 0.0393. The van der Waals surface area contributed by atoms with E-state index in [1.165, 1.54) is 12.1 Å². The van der Waals surface area contributed by atoms with E-state index in [4.69, 9.17) is 9.84 Å². The van der Waals surface area contributed by atoms with Crippen molar-refractivity contribution in [2.75, 3.05) is 11.9 Å². The van der Waals surface area contributed by atoms with Crippen LogP contribution in [0.2, 0.25) is 0 Å². The zero-order valence-electron chi connectivity index (χ0n) is 19.5. The van der Waals surface area contributed by atoms with Gasteiger partial charge in [-0.15, -0.1) is 0 Å². The third-order valence-corrected chi connectivity index (χ3v) is 6.13. The number of aromatic carboxylic acids is 1. The maximum absolute atomic E-state index is 12.6. The molecule has 0 radical (unpaired) electrons. The highest BCUT2D eigenvalue weighted by Gasteiger charge is 2.29. The predicted molar refractivity (Wildman–Crippen MR) is 134 cm³/mol. The second kappa shape index (κ2) is 10.9. The number of amides is 2. The molecule has 2 amide bonds. The number of hydrogen-bond donors (Lipinski definition) is 3. The first-order chi connectivity index (χ1) is 17.0. The van der Waals surface area contributed by atoms with E-state index in [-0.39, 0.29) is 30.4 Å². The average Bonchev–Trinajstić information content (AvgIpc) is 3.16. The Labute approximate surface area is 204 Å². The van der Waals surface area contributed by atoms with Crippen LogP contribution < -0.4 is 10.6 Å². The summed E-state index contributed by atoms with van der Waals surface area (Å²) in [5.41, 5.74) is 5.06. The Kier molecular flexibility index (Phi) is 7.45. The Bertz CT molecular complexity index is 1190. The van der Waals surface area contributed by atoms with Crippen LogP contribution in [0.3, 0.4) is 0 Å². The predicted octanol–water partition coefficient (Wildman–Crippen LogP) is 5.42. The van der Waals surface area contributed by atoms with Crippen LogP contribution in [0.1, 0.15) is 53.6 Å². The van der Waals surface area contributed by atoms with Crippen molar-refractivity contribution in [3.8, 4) is 11.1 Å². The van der Waals surface area contributed by atoms with E-state index >= 15 is 0 Å². The molecule has 0 heterocycles. The topological polar surface area (TPSA) is 105 Å². The van der Waals surface area contributed by atoms with Crippen molar-refractivity contribution in [3.63, 3.8) is 0 Å². The van der Waals surface area contributed by atoms with Crippen LogP contribution in [0.15, 0.2) is 72.8 Å². The van der Waals surface area contributed by atoms with Gasteiger partial charge in [0.15, 0.2) is 0 Å². The highest BCUT2D eigenvalue weighted by Crippen LogP contribution is 2.44. The molecule has 3 aromatic rings. The number of rotatable bonds is 9. The third kappa shape index (κ3) is 5.69. The van der Waals surface area contributed by atoms with Gasteiger partial charge < -0.3 is 20.5 Å². The largest absolute Gasteiger partial charge is 0.478 e. The monoisotopic (exact) mass is 472 g/mol. The molecule has 0 aliphatic heterocycles. The summed E-state index contributed by atoms with van der Waals surface area (Å²) in [6, 6.07) is 21.9. The SMILES string of the molecule is CCCC(CC(=O)Nc1cccc(C(=O)O)c1)NC(=O)OCC1c2ccccc2-c2ccccc21. The number of fused-ring (bicyclic) bond motifs is 3. The first-order valence-corrected chi connectivity index (χ1v) is 11.7. The molecule has 0 aromatic heterocycles. The van der Waals surface area contributed by atoms with Crippen molar-refractivity contribution < 1.29 is 24.2 Å². The molecule has 3 N–H and O–H groups in total. The fraction of sp³-hybridized carbons (Fsp3) is 0.250. The lowest BCUT2D eigenvalue weighted by Crippen LogP contribution is -2.38. The van der Waals surface area contributed by atoms with Gasteiger partial charge in [-0.25, -0.2) is 9.59 Å². The van der Waals surface area contributed by atoms with Gasteiger partial charge in [-0.05, 0) is 46.9 Å². The van der Waals surface area contributed by atoms with Gasteiger partial charge >= 0.3 is 12.1 Å². The second-order valence-electron chi connectivity index (χ2n) is 8.59. The highest BCUT2D eigenvalue weighted by atomic mass is 16.5. The van der Waals surface area contributed by atoms with Crippen molar-refractivity contribution in [1.82, 2.24) is 5.32 Å². The molecule has 1 aliphatic carbocycles. The lowest BCUT2D eigenvalue weighted by atomic mass is 9.98. The first-order valence-electron chi connectivity index (χ1n) is 11.7. The maximum Gasteiger partial charge on any atom is 0.407 e. The summed E-state index contributed by atoms with van der Waals surface area (Å²) in [6.07, 6.45) is 0.865. The van der Waals surface area contributed by atoms with E-state index in [2.05, 4.69) is 34.9 Å². The summed E-state index contributed by atoms with van der Waals surface area (Å²) in [4.78, 5) is 36.3. The normalized spacial score (nSPS) is 12.8. The van der Waals surface area contributed by atoms with Crippen LogP contribution in [0.5, 0.6) is 0 Å². The average molecular weight is 473 g/mol. The summed E-state index contributed by atoms with van der Waals surface area (Å²) < 4.78 is 5.61. The van der Waals surface area contributed by atoms with Gasteiger partial charge in [-0.2, -0.15) is 0 Å². The number of carboxylic acids is 1. The Morgan fingerprint density at radius 3 is 2.23 bits per heavy atom. The summed E-state index contributed by atoms with van der Waals surface area (Å²) >= 11 is 0. The zero-order valence-corrected chi connectivity index (χ0v) is 19.5. The van der Waals surface area contributed by atoms with Crippen LogP contribution in [-0.4, -0.2) is 35.7 Å². The molecular weight excluding hydrogens is 444 g/mol. The van der Waals surface area contributed by atoms with Crippen LogP contribution in [-0.2, 0) is 9.53 Å². The maximum atomic E-state index is 12.6. The number of anilines is 1. The van der Waals surface area contributed by atoms with Crippen LogP contribution in [0.25, 0.3) is 11.1 Å². The van der Waals surface area contributed by atoms with Gasteiger partial charge in [0.2, 0.25) is 5.91 Å². The highest BCUT2D eigenvalue weighted by molar-refractivity contribution is 5.94. The van der Waals surface area contributed by atoms with Crippen molar-refractivity contribution >= 4 is 23.7 Å². The molecule has 1 aliphatic rings. The number of benzene rings is 3. The second-order valence-corrected chi connectivity index (χ2v) is 8.59. The van der Waals surface area contributed by atoms with Crippen LogP contribution in [0, 0.1) is 0 Å². The van der Waals surface area contributed by atoms with Gasteiger partial charge in [0.25, 0.3) is 0 Å². The Morgan fingerprint density at radius 1 is 0.943 bits per heavy atom. The molecule has 4 rings (SSSR count). The Morgan fingerprint density at radius 2 is 1.60 bits per heavy atom. The zero-order chi connectivity index (χ0) is 24.8. The number of carbonyl (C=O) groups excluding carboxylic acids is 2. The summed E-state index contributed by atoms with van der Waals surface area (Å²) in [5.74, 6) is -1.42. The van der Waals surface area contributed by atoms with E-state index in [1.54, 1.807) is 12.1 Å². The van der Waals surface area contributed by atoms with Gasteiger partial charge in [0.1, 0.15) is 6.61 Å². The molecule has 0 spiro atoms. The van der Waals surface area contributed by atoms with E-state index in [0.29, 0.717) is 12.1 Å². The number of hydrogen-bond acceptors (Lipinski definition) is 4. The Hall–Kier alpha value is -4.13. The fourth-order valence-electron chi connectivity index (χ4n) is 4.55. The molecule has 7 heteroatoms. The minimum Gasteiger partial charge on any atom is -0.478 e. The first kappa shape index (κ1) is 24.0. The van der Waals surface area contributed by atoms with E-state index in [9.17, 15) is 14.4 Å². The van der Waals surface area contributed by atoms with Gasteiger partial charge in [-0.1, -0.05) is 67.9 Å². The molecule has 1 unspecified atom stereocenters. The van der Waals surface area contributed by atoms with Crippen molar-refractivity contribution in [2.24, 2.45) is 0 Å². The standard InChI is InChI=1S/C28H28N2O5/c1-2-8-19(16-26(31)29-20-10-7-9-18(15-20)27(32)33)30-28(34)35-17-25-23-13-5-3-11-21(23)22-12-4-6-14-24(22)25/h3-7,9-15,19,25H,2,8,16-17H2,1H3,(H,29,31)(H,30,34)(H,32,33). The summed E-state index contributed by atoms with van der Waals surface area (Å²) in [5, 5.41) is 14.6. The summed E-state index contributed by atoms with van der Waals surface area (Å²) in [7, 11) is 0. The molecular formula is C28H28N2O5. The molecule has 1 atom stereocenters. The quantitative estimate of drug-likeness (QED) is 0.386. The van der Waals surface area contributed by atoms with Crippen LogP contribution >= 0.6 is 0 Å². The number of carbonyl (C=O) groups is 3. The molecule has 0 saturated carbocycles. The van der Waals surface area contributed by atoms with Gasteiger partial charge in [-0.3, -0.25) is 4.79 Å². The number of carboxylic acid groups (broad SMARTS) is 1. The third-order valence-electron chi connectivity index (χ3n) is 6.13. The molecule has 3 aromatic carbocycles. The molecule has 0 saturated heterocycles. The number of alkyl carbamates (subject to hydrolysis) is 1. The molecule has 0 fully saturated rings. The van der Waals surface area contributed by atoms with Crippen LogP contribution in [0.4, 0.5) is 10.5 Å². The molecule has 35 heavy (non-hydrogen) atoms. The molecule has 0 bridgehead atoms. The lowest BCUT2D eigenvalue weighted by Gasteiger charge is -2.19. The van der Waals surface area contributed by atoms with Gasteiger partial charge in [0.05, 0.1) is 5.56 Å². The van der Waals surface area contributed by atoms with Gasteiger partial charge in [0, 0.05) is 24.1 Å². The Balaban J connectivity index is 1.35. The van der Waals surface area contributed by atoms with Crippen molar-refractivity contribution in [2.45, 2.75) is 38.1 Å². The fourth-order valence-corrected chi connectivity index (χ4v) is 4.55. The van der Waals surface area contributed by atoms with Crippen molar-refractivity contribution in [3.05, 3.63) is 89.5 Å². The number of nitrogens with one attached hydrogen (secondary N) is 2. The molecule has 7 nitrogen and oxygen atoms in total. The molecule has 180 valence electrons.